The minimum Gasteiger partial charge on any atom is -0.469 e. The van der Waals surface area contributed by atoms with E-state index in [4.69, 9.17) is 9.47 Å². The van der Waals surface area contributed by atoms with Gasteiger partial charge in [0, 0.05) is 30.8 Å². The number of thioether (sulfide) groups is 1. The van der Waals surface area contributed by atoms with Gasteiger partial charge in [-0.15, -0.1) is 0 Å². The highest BCUT2D eigenvalue weighted by Gasteiger charge is 2.33. The van der Waals surface area contributed by atoms with Gasteiger partial charge < -0.3 is 14.2 Å². The Labute approximate surface area is 131 Å². The molecule has 2 fully saturated rings. The summed E-state index contributed by atoms with van der Waals surface area (Å²) in [4.78, 5) is 21.0. The number of ether oxygens (including phenoxy) is 3. The van der Waals surface area contributed by atoms with E-state index in [0.717, 1.165) is 30.8 Å². The first-order valence-electron chi connectivity index (χ1n) is 7.31. The Morgan fingerprint density at radius 1 is 1.43 bits per heavy atom. The molecule has 0 aromatic rings. The highest BCUT2D eigenvalue weighted by molar-refractivity contribution is 7.99. The molecule has 2 unspecified atom stereocenters. The van der Waals surface area contributed by atoms with Gasteiger partial charge in [-0.3, -0.25) is 9.59 Å². The van der Waals surface area contributed by atoms with E-state index in [1.165, 1.54) is 14.0 Å². The van der Waals surface area contributed by atoms with Crippen LogP contribution in [0.25, 0.3) is 0 Å². The van der Waals surface area contributed by atoms with Crippen molar-refractivity contribution in [3.8, 4) is 0 Å². The van der Waals surface area contributed by atoms with Crippen LogP contribution in [0.5, 0.6) is 0 Å². The Hall–Kier alpha value is -0.590. The van der Waals surface area contributed by atoms with Crippen molar-refractivity contribution in [2.24, 2.45) is 5.92 Å². The lowest BCUT2D eigenvalue weighted by molar-refractivity contribution is -0.138. The molecular formula is C15H26O5S. The summed E-state index contributed by atoms with van der Waals surface area (Å²) in [5, 5.41) is 0. The summed E-state index contributed by atoms with van der Waals surface area (Å²) in [5.41, 5.74) is 0. The van der Waals surface area contributed by atoms with Crippen molar-refractivity contribution in [1.29, 1.82) is 0 Å². The van der Waals surface area contributed by atoms with Crippen LogP contribution in [0.3, 0.4) is 0 Å². The van der Waals surface area contributed by atoms with E-state index < -0.39 is 5.79 Å². The number of carbonyl (C=O) groups excluding carboxylic acids is 2. The van der Waals surface area contributed by atoms with E-state index in [0.29, 0.717) is 18.3 Å². The summed E-state index contributed by atoms with van der Waals surface area (Å²) < 4.78 is 15.3. The highest BCUT2D eigenvalue weighted by atomic mass is 32.2. The van der Waals surface area contributed by atoms with Crippen LogP contribution < -0.4 is 0 Å². The molecule has 5 nitrogen and oxygen atoms in total. The zero-order valence-corrected chi connectivity index (χ0v) is 14.2. The predicted molar refractivity (Wildman–Crippen MR) is 82.3 cm³/mol. The summed E-state index contributed by atoms with van der Waals surface area (Å²) in [7, 11) is 1.35. The maximum absolute atomic E-state index is 11.4. The monoisotopic (exact) mass is 318 g/mol. The SMILES string of the molecule is CC1(C)OCC(CSCC2CCCC2=O)O1.COC(C)=O. The van der Waals surface area contributed by atoms with Crippen molar-refractivity contribution in [3.63, 3.8) is 0 Å². The molecule has 2 rings (SSSR count). The lowest BCUT2D eigenvalue weighted by Gasteiger charge is -2.17. The molecule has 6 heteroatoms. The lowest BCUT2D eigenvalue weighted by Crippen LogP contribution is -2.22. The van der Waals surface area contributed by atoms with Crippen LogP contribution in [-0.2, 0) is 23.8 Å². The second-order valence-corrected chi connectivity index (χ2v) is 6.81. The Morgan fingerprint density at radius 2 is 2.10 bits per heavy atom. The van der Waals surface area contributed by atoms with Crippen LogP contribution in [-0.4, -0.2) is 48.9 Å². The minimum atomic E-state index is -0.422. The number of esters is 1. The van der Waals surface area contributed by atoms with Crippen molar-refractivity contribution < 1.29 is 23.8 Å². The summed E-state index contributed by atoms with van der Waals surface area (Å²) in [6, 6.07) is 0. The number of Topliss-reactive ketones (excluding diaryl/α,β-unsaturated/α-hetero) is 1. The van der Waals surface area contributed by atoms with Crippen molar-refractivity contribution in [3.05, 3.63) is 0 Å². The summed E-state index contributed by atoms with van der Waals surface area (Å²) in [6.07, 6.45) is 3.15. The topological polar surface area (TPSA) is 61.8 Å². The number of ketones is 1. The summed E-state index contributed by atoms with van der Waals surface area (Å²) >= 11 is 1.83. The van der Waals surface area contributed by atoms with Gasteiger partial charge in [-0.25, -0.2) is 0 Å². The van der Waals surface area contributed by atoms with Crippen LogP contribution in [0.15, 0.2) is 0 Å². The molecule has 0 spiro atoms. The second kappa shape index (κ2) is 8.76. The molecule has 0 N–H and O–H groups in total. The van der Waals surface area contributed by atoms with E-state index in [1.54, 1.807) is 0 Å². The largest absolute Gasteiger partial charge is 0.469 e. The third-order valence-electron chi connectivity index (χ3n) is 3.41. The zero-order chi connectivity index (χ0) is 15.9. The Bertz CT molecular complexity index is 356. The van der Waals surface area contributed by atoms with E-state index in [1.807, 2.05) is 25.6 Å². The maximum atomic E-state index is 11.4. The van der Waals surface area contributed by atoms with Gasteiger partial charge in [0.2, 0.25) is 0 Å². The molecule has 21 heavy (non-hydrogen) atoms. The first kappa shape index (κ1) is 18.5. The molecular weight excluding hydrogens is 292 g/mol. The molecule has 2 atom stereocenters. The fraction of sp³-hybridized carbons (Fsp3) is 0.867. The number of rotatable bonds is 4. The maximum Gasteiger partial charge on any atom is 0.302 e. The second-order valence-electron chi connectivity index (χ2n) is 5.74. The first-order valence-corrected chi connectivity index (χ1v) is 8.46. The molecule has 0 aromatic carbocycles. The van der Waals surface area contributed by atoms with Crippen LogP contribution in [0.2, 0.25) is 0 Å². The Morgan fingerprint density at radius 3 is 2.52 bits per heavy atom. The molecule has 1 saturated heterocycles. The Balaban J connectivity index is 0.000000383. The quantitative estimate of drug-likeness (QED) is 0.742. The molecule has 1 aliphatic heterocycles. The van der Waals surface area contributed by atoms with Gasteiger partial charge in [0.05, 0.1) is 19.8 Å². The van der Waals surface area contributed by atoms with Crippen molar-refractivity contribution in [2.45, 2.75) is 51.9 Å². The molecule has 2 aliphatic rings. The van der Waals surface area contributed by atoms with Gasteiger partial charge in [0.25, 0.3) is 0 Å². The highest BCUT2D eigenvalue weighted by Crippen LogP contribution is 2.28. The average molecular weight is 318 g/mol. The fourth-order valence-corrected chi connectivity index (χ4v) is 3.45. The van der Waals surface area contributed by atoms with E-state index in [2.05, 4.69) is 4.74 Å². The van der Waals surface area contributed by atoms with Crippen LogP contribution in [0.4, 0.5) is 0 Å². The van der Waals surface area contributed by atoms with Crippen molar-refractivity contribution >= 4 is 23.5 Å². The van der Waals surface area contributed by atoms with Gasteiger partial charge in [-0.1, -0.05) is 0 Å². The van der Waals surface area contributed by atoms with Gasteiger partial charge >= 0.3 is 5.97 Å². The number of hydrogen-bond acceptors (Lipinski definition) is 6. The number of hydrogen-bond donors (Lipinski definition) is 0. The lowest BCUT2D eigenvalue weighted by atomic mass is 10.1. The Kier molecular flexibility index (Phi) is 7.70. The number of carbonyl (C=O) groups is 2. The molecule has 1 saturated carbocycles. The summed E-state index contributed by atoms with van der Waals surface area (Å²) in [5.74, 6) is 1.99. The molecule has 1 heterocycles. The van der Waals surface area contributed by atoms with Gasteiger partial charge in [0.1, 0.15) is 5.78 Å². The van der Waals surface area contributed by atoms with Crippen LogP contribution >= 0.6 is 11.8 Å². The number of methoxy groups -OCH3 is 1. The molecule has 122 valence electrons. The average Bonchev–Trinajstić information content (AvgIpc) is 2.97. The van der Waals surface area contributed by atoms with Gasteiger partial charge in [-0.05, 0) is 26.7 Å². The van der Waals surface area contributed by atoms with E-state index >= 15 is 0 Å². The normalized spacial score (nSPS) is 27.1. The molecule has 0 amide bonds. The first-order chi connectivity index (χ1) is 9.84. The van der Waals surface area contributed by atoms with Crippen molar-refractivity contribution in [2.75, 3.05) is 25.2 Å². The molecule has 0 aromatic heterocycles. The van der Waals surface area contributed by atoms with E-state index in [-0.39, 0.29) is 12.1 Å². The van der Waals surface area contributed by atoms with Gasteiger partial charge in [-0.2, -0.15) is 11.8 Å². The van der Waals surface area contributed by atoms with Crippen molar-refractivity contribution in [1.82, 2.24) is 0 Å². The minimum absolute atomic E-state index is 0.191. The third-order valence-corrected chi connectivity index (χ3v) is 4.65. The molecule has 0 bridgehead atoms. The third kappa shape index (κ3) is 7.29. The summed E-state index contributed by atoms with van der Waals surface area (Å²) in [6.45, 7) is 5.93. The molecule has 0 radical (unpaired) electrons. The zero-order valence-electron chi connectivity index (χ0n) is 13.3. The fourth-order valence-electron chi connectivity index (χ4n) is 2.25. The van der Waals surface area contributed by atoms with E-state index in [9.17, 15) is 9.59 Å². The van der Waals surface area contributed by atoms with Crippen LogP contribution in [0, 0.1) is 5.92 Å². The predicted octanol–water partition coefficient (Wildman–Crippen LogP) is 2.42. The van der Waals surface area contributed by atoms with Gasteiger partial charge in [0.15, 0.2) is 5.79 Å². The van der Waals surface area contributed by atoms with Crippen LogP contribution in [0.1, 0.15) is 40.0 Å². The standard InChI is InChI=1S/C12H20O3S.C3H6O2/c1-12(2)14-6-10(15-12)8-16-7-9-4-3-5-11(9)13;1-3(4)5-2/h9-10H,3-8H2,1-2H3;1-2H3. The molecule has 1 aliphatic carbocycles. The smallest absolute Gasteiger partial charge is 0.302 e.